The molecule has 1 aliphatic rings. The van der Waals surface area contributed by atoms with E-state index in [9.17, 15) is 0 Å². The third kappa shape index (κ3) is 1.34. The van der Waals surface area contributed by atoms with Crippen molar-refractivity contribution in [2.75, 3.05) is 20.8 Å². The third-order valence-corrected chi connectivity index (χ3v) is 2.86. The highest BCUT2D eigenvalue weighted by atomic mass is 79.9. The minimum Gasteiger partial charge on any atom is -0.493 e. The molecule has 0 amide bonds. The summed E-state index contributed by atoms with van der Waals surface area (Å²) in [6, 6.07) is 1.86. The minimum absolute atomic E-state index is 0.706. The predicted molar refractivity (Wildman–Crippen MR) is 56.4 cm³/mol. The zero-order valence-corrected chi connectivity index (χ0v) is 9.68. The average molecular weight is 259 g/mol. The summed E-state index contributed by atoms with van der Waals surface area (Å²) in [5, 5.41) is 0. The van der Waals surface area contributed by atoms with Crippen molar-refractivity contribution >= 4 is 15.9 Å². The topological polar surface area (TPSA) is 27.7 Å². The van der Waals surface area contributed by atoms with Gasteiger partial charge in [-0.3, -0.25) is 0 Å². The van der Waals surface area contributed by atoms with Crippen LogP contribution in [-0.4, -0.2) is 20.8 Å². The SMILES string of the molecule is COc1cc(Br)c2c(c1OC)CCO2. The van der Waals surface area contributed by atoms with E-state index in [0.717, 1.165) is 33.7 Å². The highest BCUT2D eigenvalue weighted by Crippen LogP contribution is 2.45. The summed E-state index contributed by atoms with van der Waals surface area (Å²) in [4.78, 5) is 0. The minimum atomic E-state index is 0.706. The fourth-order valence-electron chi connectivity index (χ4n) is 1.66. The molecule has 1 aliphatic heterocycles. The molecule has 1 aromatic carbocycles. The molecule has 0 N–H and O–H groups in total. The molecule has 0 radical (unpaired) electrons. The Morgan fingerprint density at radius 3 is 2.79 bits per heavy atom. The van der Waals surface area contributed by atoms with E-state index in [1.54, 1.807) is 14.2 Å². The number of rotatable bonds is 2. The molecular formula is C10H11BrO3. The quantitative estimate of drug-likeness (QED) is 0.816. The first kappa shape index (κ1) is 9.65. The Hall–Kier alpha value is -0.900. The number of hydrogen-bond donors (Lipinski definition) is 0. The van der Waals surface area contributed by atoms with Crippen LogP contribution in [0.25, 0.3) is 0 Å². The summed E-state index contributed by atoms with van der Waals surface area (Å²) in [7, 11) is 3.27. The van der Waals surface area contributed by atoms with Crippen LogP contribution < -0.4 is 14.2 Å². The largest absolute Gasteiger partial charge is 0.493 e. The second kappa shape index (κ2) is 3.69. The Kier molecular flexibility index (Phi) is 2.54. The number of fused-ring (bicyclic) bond motifs is 1. The molecule has 1 heterocycles. The van der Waals surface area contributed by atoms with Gasteiger partial charge in [-0.25, -0.2) is 0 Å². The van der Waals surface area contributed by atoms with E-state index in [-0.39, 0.29) is 0 Å². The van der Waals surface area contributed by atoms with Crippen LogP contribution in [0.3, 0.4) is 0 Å². The molecule has 0 unspecified atom stereocenters. The number of halogens is 1. The summed E-state index contributed by atoms with van der Waals surface area (Å²) in [5.41, 5.74) is 1.08. The molecule has 1 aromatic rings. The first-order chi connectivity index (χ1) is 6.77. The standard InChI is InChI=1S/C10H11BrO3/c1-12-8-5-7(11)9-6(3-4-14-9)10(8)13-2/h5H,3-4H2,1-2H3. The molecule has 4 heteroatoms. The van der Waals surface area contributed by atoms with E-state index in [2.05, 4.69) is 15.9 Å². The lowest BCUT2D eigenvalue weighted by molar-refractivity contribution is 0.348. The molecule has 0 fully saturated rings. The van der Waals surface area contributed by atoms with Crippen LogP contribution in [-0.2, 0) is 6.42 Å². The maximum atomic E-state index is 5.49. The van der Waals surface area contributed by atoms with Crippen molar-refractivity contribution < 1.29 is 14.2 Å². The predicted octanol–water partition coefficient (Wildman–Crippen LogP) is 2.40. The van der Waals surface area contributed by atoms with Crippen LogP contribution in [0.2, 0.25) is 0 Å². The van der Waals surface area contributed by atoms with Gasteiger partial charge in [-0.2, -0.15) is 0 Å². The van der Waals surface area contributed by atoms with Gasteiger partial charge >= 0.3 is 0 Å². The summed E-state index contributed by atoms with van der Waals surface area (Å²) < 4.78 is 16.9. The van der Waals surface area contributed by atoms with Gasteiger partial charge < -0.3 is 14.2 Å². The molecule has 0 aromatic heterocycles. The highest BCUT2D eigenvalue weighted by Gasteiger charge is 2.23. The van der Waals surface area contributed by atoms with E-state index < -0.39 is 0 Å². The molecule has 2 rings (SSSR count). The van der Waals surface area contributed by atoms with Crippen molar-refractivity contribution in [2.24, 2.45) is 0 Å². The number of methoxy groups -OCH3 is 2. The molecule has 76 valence electrons. The van der Waals surface area contributed by atoms with Gasteiger partial charge in [-0.05, 0) is 15.9 Å². The van der Waals surface area contributed by atoms with Crippen molar-refractivity contribution in [3.05, 3.63) is 16.1 Å². The second-order valence-electron chi connectivity index (χ2n) is 3.00. The van der Waals surface area contributed by atoms with Gasteiger partial charge in [-0.1, -0.05) is 0 Å². The van der Waals surface area contributed by atoms with Crippen LogP contribution in [0.1, 0.15) is 5.56 Å². The zero-order chi connectivity index (χ0) is 10.1. The maximum Gasteiger partial charge on any atom is 0.167 e. The van der Waals surface area contributed by atoms with Gasteiger partial charge in [0, 0.05) is 18.1 Å². The number of hydrogen-bond acceptors (Lipinski definition) is 3. The van der Waals surface area contributed by atoms with E-state index >= 15 is 0 Å². The Bertz CT molecular complexity index is 363. The van der Waals surface area contributed by atoms with Gasteiger partial charge in [0.15, 0.2) is 11.5 Å². The first-order valence-corrected chi connectivity index (χ1v) is 5.13. The second-order valence-corrected chi connectivity index (χ2v) is 3.85. The van der Waals surface area contributed by atoms with Gasteiger partial charge in [0.1, 0.15) is 5.75 Å². The van der Waals surface area contributed by atoms with Crippen LogP contribution in [0.15, 0.2) is 10.5 Å². The molecule has 0 saturated carbocycles. The van der Waals surface area contributed by atoms with Crippen LogP contribution in [0.4, 0.5) is 0 Å². The molecule has 0 spiro atoms. The Morgan fingerprint density at radius 2 is 2.14 bits per heavy atom. The summed E-state index contributed by atoms with van der Waals surface area (Å²) in [6.07, 6.45) is 0.869. The smallest absolute Gasteiger partial charge is 0.167 e. The lowest BCUT2D eigenvalue weighted by Crippen LogP contribution is -1.94. The van der Waals surface area contributed by atoms with E-state index in [1.165, 1.54) is 0 Å². The number of benzene rings is 1. The van der Waals surface area contributed by atoms with Crippen molar-refractivity contribution in [1.29, 1.82) is 0 Å². The van der Waals surface area contributed by atoms with Gasteiger partial charge in [0.25, 0.3) is 0 Å². The average Bonchev–Trinajstić information content (AvgIpc) is 2.66. The Labute approximate surface area is 91.1 Å². The van der Waals surface area contributed by atoms with Gasteiger partial charge in [-0.15, -0.1) is 0 Å². The fraction of sp³-hybridized carbons (Fsp3) is 0.400. The normalized spacial score (nSPS) is 13.4. The molecular weight excluding hydrogens is 248 g/mol. The van der Waals surface area contributed by atoms with Crippen molar-refractivity contribution in [2.45, 2.75) is 6.42 Å². The lowest BCUT2D eigenvalue weighted by atomic mass is 10.1. The molecule has 0 bridgehead atoms. The highest BCUT2D eigenvalue weighted by molar-refractivity contribution is 9.10. The van der Waals surface area contributed by atoms with Crippen molar-refractivity contribution in [3.8, 4) is 17.2 Å². The van der Waals surface area contributed by atoms with Gasteiger partial charge in [0.05, 0.1) is 25.3 Å². The lowest BCUT2D eigenvalue weighted by Gasteiger charge is -2.12. The van der Waals surface area contributed by atoms with Gasteiger partial charge in [0.2, 0.25) is 0 Å². The van der Waals surface area contributed by atoms with Crippen molar-refractivity contribution in [3.63, 3.8) is 0 Å². The van der Waals surface area contributed by atoms with Crippen LogP contribution in [0, 0.1) is 0 Å². The maximum absolute atomic E-state index is 5.49. The summed E-state index contributed by atoms with van der Waals surface area (Å²) in [6.45, 7) is 0.706. The summed E-state index contributed by atoms with van der Waals surface area (Å²) in [5.74, 6) is 2.40. The molecule has 0 aliphatic carbocycles. The van der Waals surface area contributed by atoms with Crippen LogP contribution in [0.5, 0.6) is 17.2 Å². The van der Waals surface area contributed by atoms with Crippen molar-refractivity contribution in [1.82, 2.24) is 0 Å². The van der Waals surface area contributed by atoms with Crippen LogP contribution >= 0.6 is 15.9 Å². The first-order valence-electron chi connectivity index (χ1n) is 4.34. The third-order valence-electron chi connectivity index (χ3n) is 2.27. The zero-order valence-electron chi connectivity index (χ0n) is 8.09. The van der Waals surface area contributed by atoms with E-state index in [4.69, 9.17) is 14.2 Å². The fourth-order valence-corrected chi connectivity index (χ4v) is 2.22. The van der Waals surface area contributed by atoms with E-state index in [1.807, 2.05) is 6.07 Å². The Morgan fingerprint density at radius 1 is 1.36 bits per heavy atom. The molecule has 0 atom stereocenters. The molecule has 0 saturated heterocycles. The monoisotopic (exact) mass is 258 g/mol. The molecule has 3 nitrogen and oxygen atoms in total. The Balaban J connectivity index is 2.62. The number of ether oxygens (including phenoxy) is 3. The van der Waals surface area contributed by atoms with E-state index in [0.29, 0.717) is 6.61 Å². The summed E-state index contributed by atoms with van der Waals surface area (Å²) >= 11 is 3.44. The molecule has 14 heavy (non-hydrogen) atoms.